The average Bonchev–Trinajstić information content (AvgIpc) is 3.07. The van der Waals surface area contributed by atoms with E-state index in [9.17, 15) is 27.6 Å². The summed E-state index contributed by atoms with van der Waals surface area (Å²) in [5, 5.41) is 0. The van der Waals surface area contributed by atoms with E-state index in [1.807, 2.05) is 0 Å². The molecule has 0 bridgehead atoms. The maximum atomic E-state index is 13.1. The van der Waals surface area contributed by atoms with Crippen molar-refractivity contribution in [2.24, 2.45) is 0 Å². The number of halogens is 3. The van der Waals surface area contributed by atoms with Gasteiger partial charge in [-0.25, -0.2) is 9.59 Å². The second kappa shape index (κ2) is 10.5. The van der Waals surface area contributed by atoms with Crippen molar-refractivity contribution < 1.29 is 32.2 Å². The summed E-state index contributed by atoms with van der Waals surface area (Å²) in [6, 6.07) is 10.8. The summed E-state index contributed by atoms with van der Waals surface area (Å²) in [5.74, 6) is -1.12. The predicted octanol–water partition coefficient (Wildman–Crippen LogP) is 2.94. The van der Waals surface area contributed by atoms with Crippen LogP contribution in [0.4, 0.5) is 13.2 Å². The van der Waals surface area contributed by atoms with Crippen molar-refractivity contribution in [3.8, 4) is 0 Å². The fourth-order valence-corrected chi connectivity index (χ4v) is 4.07. The molecule has 0 fully saturated rings. The summed E-state index contributed by atoms with van der Waals surface area (Å²) < 4.78 is 50.0. The number of carbonyl (C=O) groups is 2. The Kier molecular flexibility index (Phi) is 7.72. The number of alkyl halides is 3. The Bertz CT molecular complexity index is 1350. The summed E-state index contributed by atoms with van der Waals surface area (Å²) in [6.07, 6.45) is -1.80. The first-order valence-corrected chi connectivity index (χ1v) is 10.9. The molecule has 10 heteroatoms. The zero-order valence-electron chi connectivity index (χ0n) is 18.2. The van der Waals surface area contributed by atoms with Crippen LogP contribution in [-0.2, 0) is 27.0 Å². The van der Waals surface area contributed by atoms with Crippen molar-refractivity contribution >= 4 is 35.4 Å². The summed E-state index contributed by atoms with van der Waals surface area (Å²) in [4.78, 5) is 36.8. The van der Waals surface area contributed by atoms with E-state index in [0.29, 0.717) is 21.4 Å². The van der Waals surface area contributed by atoms with Crippen LogP contribution in [0.15, 0.2) is 53.3 Å². The molecule has 0 amide bonds. The van der Waals surface area contributed by atoms with Crippen LogP contribution in [0.3, 0.4) is 0 Å². The maximum Gasteiger partial charge on any atom is 0.416 e. The van der Waals surface area contributed by atoms with Crippen molar-refractivity contribution in [2.75, 3.05) is 13.7 Å². The zero-order valence-corrected chi connectivity index (χ0v) is 19.0. The van der Waals surface area contributed by atoms with Crippen molar-refractivity contribution in [2.45, 2.75) is 19.6 Å². The van der Waals surface area contributed by atoms with Crippen molar-refractivity contribution in [3.63, 3.8) is 0 Å². The number of aromatic nitrogens is 1. The Hall–Kier alpha value is -3.66. The Morgan fingerprint density at radius 3 is 2.26 bits per heavy atom. The van der Waals surface area contributed by atoms with Gasteiger partial charge in [0.25, 0.3) is 5.56 Å². The topological polar surface area (TPSA) is 74.6 Å². The first-order valence-electron chi connectivity index (χ1n) is 10.1. The Morgan fingerprint density at radius 1 is 1.06 bits per heavy atom. The first-order chi connectivity index (χ1) is 16.1. The first kappa shape index (κ1) is 25.0. The molecule has 34 heavy (non-hydrogen) atoms. The summed E-state index contributed by atoms with van der Waals surface area (Å²) >= 11 is 1.02. The van der Waals surface area contributed by atoms with E-state index in [1.54, 1.807) is 31.2 Å². The molecule has 2 aromatic carbocycles. The molecule has 0 N–H and O–H groups in total. The number of benzene rings is 2. The zero-order chi connectivity index (χ0) is 24.9. The molecular formula is C24H20F3NO5S. The molecule has 0 atom stereocenters. The number of hydrogen-bond donors (Lipinski definition) is 0. The van der Waals surface area contributed by atoms with Crippen LogP contribution < -0.4 is 14.8 Å². The van der Waals surface area contributed by atoms with Gasteiger partial charge in [-0.15, -0.1) is 11.3 Å². The second-order valence-corrected chi connectivity index (χ2v) is 8.11. The lowest BCUT2D eigenvalue weighted by Gasteiger charge is -2.05. The van der Waals surface area contributed by atoms with Gasteiger partial charge in [-0.2, -0.15) is 13.2 Å². The number of esters is 2. The van der Waals surface area contributed by atoms with Crippen LogP contribution in [-0.4, -0.2) is 30.2 Å². The molecule has 3 aromatic rings. The minimum absolute atomic E-state index is 0.100. The third-order valence-corrected chi connectivity index (χ3v) is 5.78. The molecule has 1 heterocycles. The Balaban J connectivity index is 2.05. The van der Waals surface area contributed by atoms with Crippen LogP contribution >= 0.6 is 11.3 Å². The lowest BCUT2D eigenvalue weighted by molar-refractivity contribution is -0.137. The summed E-state index contributed by atoms with van der Waals surface area (Å²) in [6.45, 7) is 1.91. The van der Waals surface area contributed by atoms with E-state index in [2.05, 4.69) is 4.74 Å². The molecule has 1 aromatic heterocycles. The van der Waals surface area contributed by atoms with Crippen LogP contribution in [0.25, 0.3) is 12.2 Å². The quantitative estimate of drug-likeness (QED) is 0.496. The maximum absolute atomic E-state index is 13.1. The largest absolute Gasteiger partial charge is 0.465 e. The van der Waals surface area contributed by atoms with Crippen LogP contribution in [0, 0.1) is 0 Å². The van der Waals surface area contributed by atoms with E-state index in [0.717, 1.165) is 23.5 Å². The molecule has 3 rings (SSSR count). The predicted molar refractivity (Wildman–Crippen MR) is 121 cm³/mol. The van der Waals surface area contributed by atoms with Crippen LogP contribution in [0.2, 0.25) is 0 Å². The number of hydrogen-bond acceptors (Lipinski definition) is 6. The van der Waals surface area contributed by atoms with Crippen molar-refractivity contribution in [1.29, 1.82) is 0 Å². The molecule has 0 aliphatic rings. The van der Waals surface area contributed by atoms with Gasteiger partial charge in [0.2, 0.25) is 0 Å². The molecular weight excluding hydrogens is 471 g/mol. The highest BCUT2D eigenvalue weighted by Gasteiger charge is 2.29. The van der Waals surface area contributed by atoms with Gasteiger partial charge in [-0.05, 0) is 48.4 Å². The number of thiazole rings is 1. The third-order valence-electron chi connectivity index (χ3n) is 4.72. The number of nitrogens with zero attached hydrogens (tertiary/aromatic N) is 1. The van der Waals surface area contributed by atoms with Gasteiger partial charge >= 0.3 is 18.1 Å². The number of methoxy groups -OCH3 is 1. The van der Waals surface area contributed by atoms with Gasteiger partial charge < -0.3 is 9.47 Å². The second-order valence-electron chi connectivity index (χ2n) is 7.04. The SMILES string of the molecule is CCOC(=O)/C=c1\s/c(=C\c2ccc(C(F)(F)F)cc2)c(=O)n1Cc1ccc(C(=O)OC)cc1. The van der Waals surface area contributed by atoms with Gasteiger partial charge in [0, 0.05) is 0 Å². The minimum atomic E-state index is -4.46. The van der Waals surface area contributed by atoms with Crippen molar-refractivity contribution in [1.82, 2.24) is 4.57 Å². The smallest absolute Gasteiger partial charge is 0.416 e. The summed E-state index contributed by atoms with van der Waals surface area (Å²) in [7, 11) is 1.27. The van der Waals surface area contributed by atoms with Crippen LogP contribution in [0.1, 0.15) is 34.0 Å². The van der Waals surface area contributed by atoms with Gasteiger partial charge in [-0.3, -0.25) is 9.36 Å². The van der Waals surface area contributed by atoms with E-state index >= 15 is 0 Å². The van der Waals surface area contributed by atoms with Gasteiger partial charge in [-0.1, -0.05) is 24.3 Å². The Morgan fingerprint density at radius 2 is 1.71 bits per heavy atom. The molecule has 178 valence electrons. The third kappa shape index (κ3) is 6.02. The minimum Gasteiger partial charge on any atom is -0.465 e. The Labute approximate surface area is 196 Å². The highest BCUT2D eigenvalue weighted by atomic mass is 32.1. The molecule has 0 aliphatic carbocycles. The van der Waals surface area contributed by atoms with E-state index in [1.165, 1.54) is 36.0 Å². The van der Waals surface area contributed by atoms with E-state index in [-0.39, 0.29) is 17.7 Å². The van der Waals surface area contributed by atoms with Gasteiger partial charge in [0.05, 0.1) is 42.0 Å². The van der Waals surface area contributed by atoms with Crippen molar-refractivity contribution in [3.05, 3.63) is 90.3 Å². The lowest BCUT2D eigenvalue weighted by atomic mass is 10.1. The number of rotatable bonds is 6. The molecule has 0 saturated carbocycles. The van der Waals surface area contributed by atoms with Gasteiger partial charge in [0.1, 0.15) is 4.66 Å². The highest BCUT2D eigenvalue weighted by molar-refractivity contribution is 7.07. The fraction of sp³-hybridized carbons (Fsp3) is 0.208. The fourth-order valence-electron chi connectivity index (χ4n) is 3.04. The number of ether oxygens (including phenoxy) is 2. The lowest BCUT2D eigenvalue weighted by Crippen LogP contribution is -2.32. The normalized spacial score (nSPS) is 12.6. The van der Waals surface area contributed by atoms with E-state index < -0.39 is 29.2 Å². The van der Waals surface area contributed by atoms with Crippen LogP contribution in [0.5, 0.6) is 0 Å². The molecule has 0 spiro atoms. The summed E-state index contributed by atoms with van der Waals surface area (Å²) in [5.41, 5.74) is 0.228. The average molecular weight is 491 g/mol. The monoisotopic (exact) mass is 491 g/mol. The molecule has 0 aliphatic heterocycles. The highest BCUT2D eigenvalue weighted by Crippen LogP contribution is 2.29. The molecule has 0 radical (unpaired) electrons. The van der Waals surface area contributed by atoms with E-state index in [4.69, 9.17) is 4.74 Å². The number of carbonyl (C=O) groups excluding carboxylic acids is 2. The molecule has 6 nitrogen and oxygen atoms in total. The molecule has 0 unspecified atom stereocenters. The molecule has 0 saturated heterocycles. The standard InChI is InChI=1S/C24H20F3NO5S/c1-3-33-21(29)13-20-28(14-16-4-8-17(9-5-16)23(31)32-2)22(30)19(34-20)12-15-6-10-18(11-7-15)24(25,26)27/h4-13H,3,14H2,1-2H3/b19-12-,20-13-. The van der Waals surface area contributed by atoms with Gasteiger partial charge in [0.15, 0.2) is 0 Å².